The Kier molecular flexibility index (Phi) is 3.98. The molecule has 0 atom stereocenters. The number of primary amides is 1. The van der Waals surface area contributed by atoms with Crippen molar-refractivity contribution >= 4 is 11.6 Å². The van der Waals surface area contributed by atoms with Crippen LogP contribution >= 0.6 is 0 Å². The minimum atomic E-state index is -4.51. The number of hydrogen-bond acceptors (Lipinski definition) is 2. The van der Waals surface area contributed by atoms with Gasteiger partial charge in [0.05, 0.1) is 16.8 Å². The molecule has 0 aliphatic rings. The van der Waals surface area contributed by atoms with Crippen molar-refractivity contribution in [3.63, 3.8) is 0 Å². The van der Waals surface area contributed by atoms with Crippen LogP contribution in [0.1, 0.15) is 29.3 Å². The monoisotopic (exact) mass is 246 g/mol. The lowest BCUT2D eigenvalue weighted by atomic mass is 10.1. The van der Waals surface area contributed by atoms with Crippen LogP contribution in [0.25, 0.3) is 0 Å². The Morgan fingerprint density at radius 2 is 2.06 bits per heavy atom. The normalized spacial score (nSPS) is 11.3. The van der Waals surface area contributed by atoms with E-state index in [0.717, 1.165) is 6.07 Å². The maximum Gasteiger partial charge on any atom is 0.418 e. The first kappa shape index (κ1) is 13.3. The van der Waals surface area contributed by atoms with Gasteiger partial charge >= 0.3 is 6.18 Å². The fourth-order valence-electron chi connectivity index (χ4n) is 1.43. The molecule has 0 saturated heterocycles. The summed E-state index contributed by atoms with van der Waals surface area (Å²) < 4.78 is 38.2. The lowest BCUT2D eigenvalue weighted by Gasteiger charge is -2.16. The highest BCUT2D eigenvalue weighted by atomic mass is 19.4. The number of halogens is 3. The zero-order valence-corrected chi connectivity index (χ0v) is 9.27. The number of rotatable bonds is 4. The molecule has 0 aromatic heterocycles. The Morgan fingerprint density at radius 3 is 2.53 bits per heavy atom. The first-order chi connectivity index (χ1) is 7.88. The summed E-state index contributed by atoms with van der Waals surface area (Å²) in [7, 11) is 0. The van der Waals surface area contributed by atoms with E-state index in [1.807, 2.05) is 6.92 Å². The molecular formula is C11H13F3N2O. The third kappa shape index (κ3) is 3.12. The third-order valence-corrected chi connectivity index (χ3v) is 2.19. The zero-order valence-electron chi connectivity index (χ0n) is 9.27. The summed E-state index contributed by atoms with van der Waals surface area (Å²) in [5.74, 6) is -0.880. The fraction of sp³-hybridized carbons (Fsp3) is 0.364. The van der Waals surface area contributed by atoms with Crippen LogP contribution < -0.4 is 11.1 Å². The molecule has 3 N–H and O–H groups in total. The standard InChI is InChI=1S/C11H13F3N2O/c1-2-6-16-9-7(10(15)17)4-3-5-8(9)11(12,13)14/h3-5,16H,2,6H2,1H3,(H2,15,17). The van der Waals surface area contributed by atoms with Crippen LogP contribution in [0.5, 0.6) is 0 Å². The molecule has 1 amide bonds. The van der Waals surface area contributed by atoms with Crippen LogP contribution in [0, 0.1) is 0 Å². The van der Waals surface area contributed by atoms with Crippen molar-refractivity contribution in [2.45, 2.75) is 19.5 Å². The van der Waals surface area contributed by atoms with Gasteiger partial charge in [0.1, 0.15) is 0 Å². The Labute approximate surface area is 96.8 Å². The number of carbonyl (C=O) groups excluding carboxylic acids is 1. The summed E-state index contributed by atoms with van der Waals surface area (Å²) in [4.78, 5) is 11.1. The minimum absolute atomic E-state index is 0.145. The molecular weight excluding hydrogens is 233 g/mol. The van der Waals surface area contributed by atoms with Gasteiger partial charge < -0.3 is 11.1 Å². The summed E-state index contributed by atoms with van der Waals surface area (Å²) in [6, 6.07) is 3.36. The van der Waals surface area contributed by atoms with Gasteiger partial charge in [-0.1, -0.05) is 13.0 Å². The molecule has 3 nitrogen and oxygen atoms in total. The van der Waals surface area contributed by atoms with E-state index in [1.165, 1.54) is 12.1 Å². The molecule has 0 bridgehead atoms. The first-order valence-electron chi connectivity index (χ1n) is 5.11. The number of hydrogen-bond donors (Lipinski definition) is 2. The summed E-state index contributed by atoms with van der Waals surface area (Å²) in [5.41, 5.74) is 3.79. The van der Waals surface area contributed by atoms with Crippen LogP contribution in [-0.4, -0.2) is 12.5 Å². The second-order valence-electron chi connectivity index (χ2n) is 3.52. The smallest absolute Gasteiger partial charge is 0.384 e. The highest BCUT2D eigenvalue weighted by molar-refractivity contribution is 5.99. The van der Waals surface area contributed by atoms with Crippen LogP contribution in [-0.2, 0) is 6.18 Å². The number of anilines is 1. The average Bonchev–Trinajstić information content (AvgIpc) is 2.24. The van der Waals surface area contributed by atoms with Crippen LogP contribution in [0.4, 0.5) is 18.9 Å². The summed E-state index contributed by atoms with van der Waals surface area (Å²) in [5, 5.41) is 2.60. The Morgan fingerprint density at radius 1 is 1.41 bits per heavy atom. The number of nitrogens with two attached hydrogens (primary N) is 1. The molecule has 1 aromatic rings. The maximum atomic E-state index is 12.7. The van der Waals surface area contributed by atoms with Gasteiger partial charge in [0.2, 0.25) is 0 Å². The molecule has 0 unspecified atom stereocenters. The quantitative estimate of drug-likeness (QED) is 0.858. The average molecular weight is 246 g/mol. The third-order valence-electron chi connectivity index (χ3n) is 2.19. The molecule has 0 saturated carbocycles. The molecule has 0 aliphatic heterocycles. The number of amides is 1. The number of carbonyl (C=O) groups is 1. The molecule has 0 radical (unpaired) electrons. The van der Waals surface area contributed by atoms with Crippen molar-refractivity contribution in [1.82, 2.24) is 0 Å². The van der Waals surface area contributed by atoms with Crippen molar-refractivity contribution < 1.29 is 18.0 Å². The number of para-hydroxylation sites is 1. The van der Waals surface area contributed by atoms with Gasteiger partial charge in [-0.05, 0) is 18.6 Å². The molecule has 0 aliphatic carbocycles. The zero-order chi connectivity index (χ0) is 13.1. The molecule has 6 heteroatoms. The molecule has 0 spiro atoms. The van der Waals surface area contributed by atoms with Gasteiger partial charge in [0.25, 0.3) is 5.91 Å². The molecule has 0 heterocycles. The van der Waals surface area contributed by atoms with Crippen LogP contribution in [0.2, 0.25) is 0 Å². The van der Waals surface area contributed by atoms with Crippen molar-refractivity contribution in [1.29, 1.82) is 0 Å². The van der Waals surface area contributed by atoms with E-state index in [-0.39, 0.29) is 11.3 Å². The van der Waals surface area contributed by atoms with E-state index in [1.54, 1.807) is 0 Å². The summed E-state index contributed by atoms with van der Waals surface area (Å²) >= 11 is 0. The van der Waals surface area contributed by atoms with E-state index < -0.39 is 17.6 Å². The Hall–Kier alpha value is -1.72. The number of benzene rings is 1. The van der Waals surface area contributed by atoms with E-state index in [2.05, 4.69) is 5.32 Å². The van der Waals surface area contributed by atoms with E-state index in [4.69, 9.17) is 5.73 Å². The predicted octanol–water partition coefficient (Wildman–Crippen LogP) is 2.63. The van der Waals surface area contributed by atoms with Crippen molar-refractivity contribution in [2.75, 3.05) is 11.9 Å². The maximum absolute atomic E-state index is 12.7. The van der Waals surface area contributed by atoms with E-state index in [0.29, 0.717) is 13.0 Å². The number of nitrogens with one attached hydrogen (secondary N) is 1. The van der Waals surface area contributed by atoms with Crippen molar-refractivity contribution in [3.05, 3.63) is 29.3 Å². The highest BCUT2D eigenvalue weighted by Crippen LogP contribution is 2.36. The van der Waals surface area contributed by atoms with Gasteiger partial charge in [-0.25, -0.2) is 0 Å². The molecule has 0 fully saturated rings. The Balaban J connectivity index is 3.29. The van der Waals surface area contributed by atoms with Crippen LogP contribution in [0.15, 0.2) is 18.2 Å². The van der Waals surface area contributed by atoms with E-state index >= 15 is 0 Å². The molecule has 1 rings (SSSR count). The van der Waals surface area contributed by atoms with Crippen LogP contribution in [0.3, 0.4) is 0 Å². The fourth-order valence-corrected chi connectivity index (χ4v) is 1.43. The largest absolute Gasteiger partial charge is 0.418 e. The topological polar surface area (TPSA) is 55.1 Å². The second kappa shape index (κ2) is 5.07. The SMILES string of the molecule is CCCNc1c(C(N)=O)cccc1C(F)(F)F. The number of alkyl halides is 3. The van der Waals surface area contributed by atoms with Gasteiger partial charge in [-0.15, -0.1) is 0 Å². The molecule has 17 heavy (non-hydrogen) atoms. The van der Waals surface area contributed by atoms with Crippen molar-refractivity contribution in [3.8, 4) is 0 Å². The van der Waals surface area contributed by atoms with E-state index in [9.17, 15) is 18.0 Å². The summed E-state index contributed by atoms with van der Waals surface area (Å²) in [6.07, 6.45) is -3.87. The second-order valence-corrected chi connectivity index (χ2v) is 3.52. The predicted molar refractivity (Wildman–Crippen MR) is 58.7 cm³/mol. The van der Waals surface area contributed by atoms with Gasteiger partial charge in [0.15, 0.2) is 0 Å². The molecule has 1 aromatic carbocycles. The highest BCUT2D eigenvalue weighted by Gasteiger charge is 2.34. The first-order valence-corrected chi connectivity index (χ1v) is 5.11. The van der Waals surface area contributed by atoms with Gasteiger partial charge in [-0.2, -0.15) is 13.2 Å². The minimum Gasteiger partial charge on any atom is -0.384 e. The lowest BCUT2D eigenvalue weighted by Crippen LogP contribution is -2.19. The summed E-state index contributed by atoms with van der Waals surface area (Å²) in [6.45, 7) is 2.15. The Bertz CT molecular complexity index is 416. The molecule has 94 valence electrons. The van der Waals surface area contributed by atoms with Gasteiger partial charge in [0, 0.05) is 6.54 Å². The lowest BCUT2D eigenvalue weighted by molar-refractivity contribution is -0.137. The van der Waals surface area contributed by atoms with Gasteiger partial charge in [-0.3, -0.25) is 4.79 Å². The van der Waals surface area contributed by atoms with Crippen molar-refractivity contribution in [2.24, 2.45) is 5.73 Å².